The molecule has 0 spiro atoms. The van der Waals surface area contributed by atoms with Crippen LogP contribution in [0.2, 0.25) is 0 Å². The number of aryl methyl sites for hydroxylation is 1. The number of benzene rings is 3. The summed E-state index contributed by atoms with van der Waals surface area (Å²) in [5, 5.41) is 0.483. The molecule has 0 unspecified atom stereocenters. The van der Waals surface area contributed by atoms with E-state index in [0.29, 0.717) is 35.7 Å². The first-order valence-electron chi connectivity index (χ1n) is 11.8. The normalized spacial score (nSPS) is 11.1. The van der Waals surface area contributed by atoms with Crippen molar-refractivity contribution < 1.29 is 18.3 Å². The molecule has 2 heterocycles. The van der Waals surface area contributed by atoms with Crippen molar-refractivity contribution in [2.45, 2.75) is 26.5 Å². The van der Waals surface area contributed by atoms with Crippen molar-refractivity contribution in [1.29, 1.82) is 0 Å². The summed E-state index contributed by atoms with van der Waals surface area (Å²) in [5.74, 6) is -0.140. The molecule has 5 rings (SSSR count). The molecule has 5 aromatic rings. The maximum atomic E-state index is 15.2. The van der Waals surface area contributed by atoms with Gasteiger partial charge in [-0.05, 0) is 53.8 Å². The minimum atomic E-state index is -0.530. The number of rotatable bonds is 9. The van der Waals surface area contributed by atoms with Gasteiger partial charge in [0.15, 0.2) is 5.69 Å². The molecule has 0 aliphatic rings. The molecule has 2 aromatic heterocycles. The fourth-order valence-corrected chi connectivity index (χ4v) is 4.70. The number of nitrogens with zero attached hydrogens (tertiary/aromatic N) is 5. The van der Waals surface area contributed by atoms with Crippen LogP contribution >= 0.6 is 11.5 Å². The van der Waals surface area contributed by atoms with Crippen molar-refractivity contribution >= 4 is 28.3 Å². The van der Waals surface area contributed by atoms with Crippen molar-refractivity contribution in [2.24, 2.45) is 0 Å². The number of ether oxygens (including phenoxy) is 2. The smallest absolute Gasteiger partial charge is 0.329 e. The minimum absolute atomic E-state index is 0.0743. The molecule has 0 radical (unpaired) electrons. The predicted molar refractivity (Wildman–Crippen MR) is 141 cm³/mol. The van der Waals surface area contributed by atoms with Crippen molar-refractivity contribution in [3.05, 3.63) is 100 Å². The molecule has 10 heteroatoms. The molecule has 0 fully saturated rings. The summed E-state index contributed by atoms with van der Waals surface area (Å²) in [6, 6.07) is 15.3. The van der Waals surface area contributed by atoms with Gasteiger partial charge in [-0.25, -0.2) is 18.6 Å². The third-order valence-corrected chi connectivity index (χ3v) is 6.83. The first-order chi connectivity index (χ1) is 18.4. The highest BCUT2D eigenvalue weighted by Crippen LogP contribution is 2.28. The topological polar surface area (TPSA) is 66.4 Å². The van der Waals surface area contributed by atoms with Crippen LogP contribution < -0.4 is 4.74 Å². The molecular formula is C28H23F2N5O2S. The molecule has 7 nitrogen and oxygen atoms in total. The predicted octanol–water partition coefficient (Wildman–Crippen LogP) is 6.51. The molecular weight excluding hydrogens is 508 g/mol. The van der Waals surface area contributed by atoms with E-state index in [0.717, 1.165) is 40.0 Å². The Morgan fingerprint density at radius 3 is 2.58 bits per heavy atom. The van der Waals surface area contributed by atoms with Gasteiger partial charge in [0, 0.05) is 31.2 Å². The van der Waals surface area contributed by atoms with Crippen molar-refractivity contribution in [3.63, 3.8) is 0 Å². The van der Waals surface area contributed by atoms with Crippen LogP contribution in [-0.4, -0.2) is 32.6 Å². The molecule has 0 amide bonds. The Labute approximate surface area is 222 Å². The maximum absolute atomic E-state index is 15.2. The van der Waals surface area contributed by atoms with E-state index in [4.69, 9.17) is 21.0 Å². The molecule has 0 saturated heterocycles. The Morgan fingerprint density at radius 2 is 1.82 bits per heavy atom. The summed E-state index contributed by atoms with van der Waals surface area (Å²) in [4.78, 5) is 12.3. The first-order valence-corrected chi connectivity index (χ1v) is 12.6. The SMILES string of the molecule is [C-]#[N+]c1ccc(COc2nsc(-c3ccc(Cc4nc5ccc(C)cc5n4CCOC)c(F)c3)n2)c(F)c1. The Hall–Kier alpha value is -4.20. The zero-order valence-corrected chi connectivity index (χ0v) is 21.6. The van der Waals surface area contributed by atoms with Crippen LogP contribution in [0.5, 0.6) is 6.01 Å². The highest BCUT2D eigenvalue weighted by Gasteiger charge is 2.16. The molecule has 0 bridgehead atoms. The zero-order chi connectivity index (χ0) is 26.6. The van der Waals surface area contributed by atoms with Crippen LogP contribution in [0, 0.1) is 25.1 Å². The van der Waals surface area contributed by atoms with Crippen LogP contribution in [0.4, 0.5) is 14.5 Å². The first kappa shape index (κ1) is 25.4. The van der Waals surface area contributed by atoms with Crippen LogP contribution in [0.3, 0.4) is 0 Å². The lowest BCUT2D eigenvalue weighted by Crippen LogP contribution is -2.09. The number of hydrogen-bond acceptors (Lipinski definition) is 6. The number of imidazole rings is 1. The second-order valence-electron chi connectivity index (χ2n) is 8.71. The van der Waals surface area contributed by atoms with E-state index >= 15 is 4.39 Å². The quantitative estimate of drug-likeness (QED) is 0.203. The fraction of sp³-hybridized carbons (Fsp3) is 0.214. The monoisotopic (exact) mass is 531 g/mol. The lowest BCUT2D eigenvalue weighted by atomic mass is 10.1. The van der Waals surface area contributed by atoms with E-state index in [1.807, 2.05) is 19.1 Å². The Morgan fingerprint density at radius 1 is 1.00 bits per heavy atom. The van der Waals surface area contributed by atoms with Crippen molar-refractivity contribution in [1.82, 2.24) is 18.9 Å². The number of halogens is 2. The zero-order valence-electron chi connectivity index (χ0n) is 20.7. The van der Waals surface area contributed by atoms with Crippen LogP contribution in [-0.2, 0) is 24.3 Å². The largest absolute Gasteiger partial charge is 0.458 e. The summed E-state index contributed by atoms with van der Waals surface area (Å²) in [6.45, 7) is 10.0. The summed E-state index contributed by atoms with van der Waals surface area (Å²) >= 11 is 1.07. The van der Waals surface area contributed by atoms with Crippen molar-refractivity contribution in [3.8, 4) is 16.6 Å². The molecule has 3 aromatic carbocycles. The van der Waals surface area contributed by atoms with Gasteiger partial charge in [0.05, 0.1) is 24.2 Å². The average Bonchev–Trinajstić information content (AvgIpc) is 3.52. The molecule has 0 N–H and O–H groups in total. The highest BCUT2D eigenvalue weighted by molar-refractivity contribution is 7.09. The van der Waals surface area contributed by atoms with Gasteiger partial charge in [-0.3, -0.25) is 0 Å². The second kappa shape index (κ2) is 11.0. The number of fused-ring (bicyclic) bond motifs is 1. The third kappa shape index (κ3) is 5.39. The molecule has 0 aliphatic heterocycles. The number of methoxy groups -OCH3 is 1. The fourth-order valence-electron chi connectivity index (χ4n) is 4.09. The molecule has 0 aliphatic carbocycles. The standard InChI is InChI=1S/C28H23F2N5O2S/c1-17-4-9-24-25(12-17)35(10-11-36-3)26(32-24)14-18-5-6-19(13-22(18)29)27-33-28(34-38-27)37-16-20-7-8-21(31-2)15-23(20)30/h4-9,12-13,15H,10-11,14,16H2,1,3H3. The Balaban J connectivity index is 1.32. The van der Waals surface area contributed by atoms with E-state index < -0.39 is 5.82 Å². The van der Waals surface area contributed by atoms with E-state index in [-0.39, 0.29) is 29.7 Å². The molecule has 38 heavy (non-hydrogen) atoms. The van der Waals surface area contributed by atoms with E-state index in [1.165, 1.54) is 18.2 Å². The summed E-state index contributed by atoms with van der Waals surface area (Å²) < 4.78 is 46.3. The van der Waals surface area contributed by atoms with Crippen LogP contribution in [0.25, 0.3) is 26.4 Å². The lowest BCUT2D eigenvalue weighted by Gasteiger charge is -2.10. The van der Waals surface area contributed by atoms with Gasteiger partial charge < -0.3 is 14.0 Å². The number of hydrogen-bond donors (Lipinski definition) is 0. The van der Waals surface area contributed by atoms with Gasteiger partial charge in [0.1, 0.15) is 29.1 Å². The summed E-state index contributed by atoms with van der Waals surface area (Å²) in [5.41, 5.74) is 4.57. The maximum Gasteiger partial charge on any atom is 0.329 e. The second-order valence-corrected chi connectivity index (χ2v) is 9.46. The van der Waals surface area contributed by atoms with Gasteiger partial charge >= 0.3 is 6.01 Å². The Bertz CT molecular complexity index is 1660. The van der Waals surface area contributed by atoms with E-state index in [2.05, 4.69) is 24.8 Å². The average molecular weight is 532 g/mol. The van der Waals surface area contributed by atoms with Gasteiger partial charge in [-0.15, -0.1) is 4.37 Å². The molecule has 0 saturated carbocycles. The van der Waals surface area contributed by atoms with Gasteiger partial charge in [0.25, 0.3) is 0 Å². The van der Waals surface area contributed by atoms with Crippen LogP contribution in [0.1, 0.15) is 22.5 Å². The summed E-state index contributed by atoms with van der Waals surface area (Å²) in [7, 11) is 1.65. The lowest BCUT2D eigenvalue weighted by molar-refractivity contribution is 0.187. The third-order valence-electron chi connectivity index (χ3n) is 6.08. The van der Waals surface area contributed by atoms with Crippen molar-refractivity contribution in [2.75, 3.05) is 13.7 Å². The van der Waals surface area contributed by atoms with Crippen LogP contribution in [0.15, 0.2) is 54.6 Å². The van der Waals surface area contributed by atoms with E-state index in [9.17, 15) is 4.39 Å². The summed E-state index contributed by atoms with van der Waals surface area (Å²) in [6.07, 6.45) is 0.325. The number of aromatic nitrogens is 4. The van der Waals surface area contributed by atoms with Gasteiger partial charge in [-0.1, -0.05) is 30.3 Å². The van der Waals surface area contributed by atoms with Gasteiger partial charge in [0.2, 0.25) is 0 Å². The Kier molecular flexibility index (Phi) is 7.40. The van der Waals surface area contributed by atoms with E-state index in [1.54, 1.807) is 19.2 Å². The van der Waals surface area contributed by atoms with Gasteiger partial charge in [-0.2, -0.15) is 4.98 Å². The molecule has 192 valence electrons. The molecule has 0 atom stereocenters. The highest BCUT2D eigenvalue weighted by atomic mass is 32.1. The minimum Gasteiger partial charge on any atom is -0.458 e.